The molecule has 7 heteroatoms. The smallest absolute Gasteiger partial charge is 0.353 e. The predicted octanol–water partition coefficient (Wildman–Crippen LogP) is 1.34. The first-order valence-electron chi connectivity index (χ1n) is 8.59. The number of aliphatic hydroxyl groups excluding tert-OH is 2. The van der Waals surface area contributed by atoms with Crippen molar-refractivity contribution in [2.24, 2.45) is 0 Å². The van der Waals surface area contributed by atoms with Gasteiger partial charge in [-0.1, -0.05) is 23.6 Å². The van der Waals surface area contributed by atoms with Gasteiger partial charge in [0.2, 0.25) is 5.71 Å². The van der Waals surface area contributed by atoms with Crippen molar-refractivity contribution in [3.8, 4) is 11.8 Å². The van der Waals surface area contributed by atoms with Crippen molar-refractivity contribution in [2.45, 2.75) is 31.8 Å². The lowest BCUT2D eigenvalue weighted by atomic mass is 10.1. The molecule has 1 aliphatic heterocycles. The Labute approximate surface area is 154 Å². The van der Waals surface area contributed by atoms with E-state index < -0.39 is 24.1 Å². The molecule has 0 amide bonds. The number of aliphatic hydroxyl groups is 2. The van der Waals surface area contributed by atoms with Gasteiger partial charge >= 0.3 is 5.69 Å². The maximum Gasteiger partial charge on any atom is 0.353 e. The summed E-state index contributed by atoms with van der Waals surface area (Å²) in [6.07, 6.45) is -0.446. The van der Waals surface area contributed by atoms with Crippen LogP contribution in [0, 0.1) is 18.8 Å². The van der Waals surface area contributed by atoms with Gasteiger partial charge in [0, 0.05) is 24.2 Å². The van der Waals surface area contributed by atoms with Gasteiger partial charge in [-0.15, -0.1) is 0 Å². The van der Waals surface area contributed by atoms with Crippen LogP contribution in [-0.2, 0) is 4.74 Å². The molecule has 7 nitrogen and oxygen atoms in total. The maximum atomic E-state index is 12.3. The Kier molecular flexibility index (Phi) is 4.54. The van der Waals surface area contributed by atoms with Crippen LogP contribution in [0.15, 0.2) is 45.7 Å². The lowest BCUT2D eigenvalue weighted by Crippen LogP contribution is -2.27. The van der Waals surface area contributed by atoms with Crippen LogP contribution in [0.4, 0.5) is 0 Å². The summed E-state index contributed by atoms with van der Waals surface area (Å²) in [6, 6.07) is 9.51. The van der Waals surface area contributed by atoms with E-state index in [1.807, 2.05) is 31.2 Å². The highest BCUT2D eigenvalue weighted by molar-refractivity contribution is 5.74. The molecule has 138 valence electrons. The number of rotatable bonds is 2. The number of aryl methyl sites for hydroxylation is 1. The normalized spacial score (nSPS) is 22.0. The van der Waals surface area contributed by atoms with E-state index in [9.17, 15) is 15.0 Å². The predicted molar refractivity (Wildman–Crippen MR) is 97.0 cm³/mol. The molecule has 3 atom stereocenters. The molecule has 1 saturated heterocycles. The Morgan fingerprint density at radius 3 is 2.78 bits per heavy atom. The summed E-state index contributed by atoms with van der Waals surface area (Å²) in [7, 11) is 0. The van der Waals surface area contributed by atoms with Gasteiger partial charge in [-0.3, -0.25) is 4.57 Å². The van der Waals surface area contributed by atoms with Crippen LogP contribution in [0.2, 0.25) is 0 Å². The molecule has 1 aliphatic rings. The van der Waals surface area contributed by atoms with E-state index in [2.05, 4.69) is 16.8 Å². The molecular weight excluding hydrogens is 348 g/mol. The molecule has 1 fully saturated rings. The molecule has 0 unspecified atom stereocenters. The summed E-state index contributed by atoms with van der Waals surface area (Å²) in [5, 5.41) is 19.7. The van der Waals surface area contributed by atoms with Gasteiger partial charge in [0.05, 0.1) is 18.1 Å². The fourth-order valence-electron chi connectivity index (χ4n) is 3.01. The molecule has 27 heavy (non-hydrogen) atoms. The summed E-state index contributed by atoms with van der Waals surface area (Å²) in [5.41, 5.74) is 1.66. The number of nitrogens with zero attached hydrogens (tertiary/aromatic N) is 2. The Hall–Kier alpha value is -2.92. The fraction of sp³-hybridized carbons (Fsp3) is 0.300. The summed E-state index contributed by atoms with van der Waals surface area (Å²) in [4.78, 5) is 16.2. The van der Waals surface area contributed by atoms with E-state index in [-0.39, 0.29) is 18.7 Å². The average Bonchev–Trinajstić information content (AvgIpc) is 3.22. The third kappa shape index (κ3) is 3.51. The fourth-order valence-corrected chi connectivity index (χ4v) is 3.01. The molecular formula is C20H18N2O5. The molecule has 3 heterocycles. The largest absolute Gasteiger partial charge is 0.429 e. The lowest BCUT2D eigenvalue weighted by Gasteiger charge is -2.13. The second-order valence-corrected chi connectivity index (χ2v) is 6.53. The molecule has 4 rings (SSSR count). The number of benzene rings is 1. The number of hydrogen-bond acceptors (Lipinski definition) is 6. The molecule has 0 radical (unpaired) electrons. The van der Waals surface area contributed by atoms with E-state index >= 15 is 0 Å². The topological polar surface area (TPSA) is 97.7 Å². The second-order valence-electron chi connectivity index (χ2n) is 6.53. The van der Waals surface area contributed by atoms with Gasteiger partial charge in [-0.25, -0.2) is 4.79 Å². The molecule has 0 spiro atoms. The minimum Gasteiger partial charge on any atom is -0.429 e. The Bertz CT molecular complexity index is 1090. The lowest BCUT2D eigenvalue weighted by molar-refractivity contribution is -0.0457. The van der Waals surface area contributed by atoms with E-state index in [1.54, 1.807) is 12.3 Å². The summed E-state index contributed by atoms with van der Waals surface area (Å²) < 4.78 is 12.4. The SMILES string of the molecule is Cc1ccc(C#Cc2cc3cn([C@H]4C[C@H](O)[C@@H](CO)O4)c(=O)nc3o2)cc1. The van der Waals surface area contributed by atoms with Crippen molar-refractivity contribution in [2.75, 3.05) is 6.61 Å². The van der Waals surface area contributed by atoms with Crippen molar-refractivity contribution >= 4 is 11.1 Å². The van der Waals surface area contributed by atoms with E-state index in [1.165, 1.54) is 4.57 Å². The molecule has 2 N–H and O–H groups in total. The van der Waals surface area contributed by atoms with Crippen molar-refractivity contribution < 1.29 is 19.4 Å². The summed E-state index contributed by atoms with van der Waals surface area (Å²) >= 11 is 0. The minimum absolute atomic E-state index is 0.196. The third-order valence-corrected chi connectivity index (χ3v) is 4.51. The van der Waals surface area contributed by atoms with E-state index in [4.69, 9.17) is 9.15 Å². The first-order valence-corrected chi connectivity index (χ1v) is 8.59. The highest BCUT2D eigenvalue weighted by atomic mass is 16.5. The molecule has 0 aliphatic carbocycles. The molecule has 2 aromatic heterocycles. The van der Waals surface area contributed by atoms with Crippen molar-refractivity contribution in [1.82, 2.24) is 9.55 Å². The second kappa shape index (κ2) is 7.00. The number of ether oxygens (including phenoxy) is 1. The van der Waals surface area contributed by atoms with E-state index in [0.29, 0.717) is 11.1 Å². The van der Waals surface area contributed by atoms with Crippen LogP contribution in [0.25, 0.3) is 11.1 Å². The first-order chi connectivity index (χ1) is 13.0. The van der Waals surface area contributed by atoms with Crippen molar-refractivity contribution in [3.05, 3.63) is 63.9 Å². The Balaban J connectivity index is 1.64. The van der Waals surface area contributed by atoms with Gasteiger partial charge in [0.1, 0.15) is 12.3 Å². The summed E-state index contributed by atoms with van der Waals surface area (Å²) in [5.74, 6) is 6.34. The average molecular weight is 366 g/mol. The maximum absolute atomic E-state index is 12.3. The van der Waals surface area contributed by atoms with Crippen molar-refractivity contribution in [3.63, 3.8) is 0 Å². The highest BCUT2D eigenvalue weighted by Gasteiger charge is 2.35. The molecule has 1 aromatic carbocycles. The van der Waals surface area contributed by atoms with Crippen molar-refractivity contribution in [1.29, 1.82) is 0 Å². The monoisotopic (exact) mass is 366 g/mol. The quantitative estimate of drug-likeness (QED) is 0.664. The van der Waals surface area contributed by atoms with Crippen LogP contribution in [0.1, 0.15) is 29.5 Å². The molecule has 3 aromatic rings. The van der Waals surface area contributed by atoms with Crippen LogP contribution in [-0.4, -0.2) is 38.6 Å². The Morgan fingerprint density at radius 2 is 2.07 bits per heavy atom. The number of aromatic nitrogens is 2. The number of hydrogen-bond donors (Lipinski definition) is 2. The van der Waals surface area contributed by atoms with E-state index in [0.717, 1.165) is 11.1 Å². The molecule has 0 bridgehead atoms. The molecule has 0 saturated carbocycles. The zero-order chi connectivity index (χ0) is 19.0. The minimum atomic E-state index is -0.831. The number of furan rings is 1. The Morgan fingerprint density at radius 1 is 1.30 bits per heavy atom. The van der Waals surface area contributed by atoms with Crippen LogP contribution in [0.3, 0.4) is 0 Å². The third-order valence-electron chi connectivity index (χ3n) is 4.51. The van der Waals surface area contributed by atoms with Crippen LogP contribution in [0.5, 0.6) is 0 Å². The zero-order valence-electron chi connectivity index (χ0n) is 14.6. The van der Waals surface area contributed by atoms with Crippen LogP contribution >= 0.6 is 0 Å². The van der Waals surface area contributed by atoms with Gasteiger partial charge < -0.3 is 19.4 Å². The van der Waals surface area contributed by atoms with Gasteiger partial charge in [-0.05, 0) is 25.0 Å². The highest BCUT2D eigenvalue weighted by Crippen LogP contribution is 2.28. The van der Waals surface area contributed by atoms with Gasteiger partial charge in [0.15, 0.2) is 5.76 Å². The number of fused-ring (bicyclic) bond motifs is 1. The summed E-state index contributed by atoms with van der Waals surface area (Å²) in [6.45, 7) is 1.69. The van der Waals surface area contributed by atoms with Crippen LogP contribution < -0.4 is 5.69 Å². The standard InChI is InChI=1S/C20H18N2O5/c1-12-2-4-13(5-3-12)6-7-15-8-14-10-22(20(25)21-19(14)26-15)18-9-16(24)17(11-23)27-18/h2-5,8,10,16-18,23-24H,9,11H2,1H3/t16-,17+,18+/m0/s1. The zero-order valence-corrected chi connectivity index (χ0v) is 14.6. The van der Waals surface area contributed by atoms with Gasteiger partial charge in [-0.2, -0.15) is 4.98 Å². The van der Waals surface area contributed by atoms with Gasteiger partial charge in [0.25, 0.3) is 0 Å². The first kappa shape index (κ1) is 17.5.